The second-order valence-electron chi connectivity index (χ2n) is 2.22. The Morgan fingerprint density at radius 2 is 2.18 bits per heavy atom. The Morgan fingerprint density at radius 3 is 2.55 bits per heavy atom. The van der Waals surface area contributed by atoms with Crippen molar-refractivity contribution < 1.29 is 5.11 Å². The van der Waals surface area contributed by atoms with Crippen LogP contribution in [0, 0.1) is 0 Å². The van der Waals surface area contributed by atoms with Gasteiger partial charge in [-0.2, -0.15) is 11.8 Å². The van der Waals surface area contributed by atoms with Crippen LogP contribution in [0.5, 0.6) is 5.88 Å². The topological polar surface area (TPSA) is 68.9 Å². The van der Waals surface area contributed by atoms with Gasteiger partial charge in [-0.1, -0.05) is 0 Å². The van der Waals surface area contributed by atoms with Crippen LogP contribution in [0.3, 0.4) is 0 Å². The zero-order chi connectivity index (χ0) is 8.43. The number of thioether (sulfide) groups is 1. The second kappa shape index (κ2) is 3.04. The third kappa shape index (κ3) is 1.59. The number of aromatic amines is 2. The number of H-pyrrole nitrogens is 2. The first-order valence-electron chi connectivity index (χ1n) is 3.19. The molecule has 62 valence electrons. The minimum Gasteiger partial charge on any atom is -0.493 e. The predicted octanol–water partition coefficient (Wildman–Crippen LogP) is 0.833. The molecule has 1 heterocycles. The molecule has 0 aliphatic rings. The van der Waals surface area contributed by atoms with Crippen molar-refractivity contribution in [2.24, 2.45) is 0 Å². The van der Waals surface area contributed by atoms with E-state index in [1.54, 1.807) is 11.8 Å². The Balaban J connectivity index is 3.02. The van der Waals surface area contributed by atoms with Crippen LogP contribution in [-0.4, -0.2) is 21.3 Å². The van der Waals surface area contributed by atoms with Gasteiger partial charge in [0.25, 0.3) is 0 Å². The fourth-order valence-electron chi connectivity index (χ4n) is 0.800. The second-order valence-corrected chi connectivity index (χ2v) is 3.40. The van der Waals surface area contributed by atoms with Gasteiger partial charge < -0.3 is 10.1 Å². The molecule has 0 aromatic carbocycles. The highest BCUT2D eigenvalue weighted by Gasteiger charge is 2.11. The third-order valence-electron chi connectivity index (χ3n) is 1.50. The van der Waals surface area contributed by atoms with Crippen molar-refractivity contribution >= 4 is 11.8 Å². The largest absolute Gasteiger partial charge is 0.493 e. The molecule has 1 rings (SSSR count). The Labute approximate surface area is 68.0 Å². The van der Waals surface area contributed by atoms with Gasteiger partial charge in [-0.05, 0) is 13.2 Å². The van der Waals surface area contributed by atoms with E-state index < -0.39 is 0 Å². The molecule has 1 atom stereocenters. The first-order chi connectivity index (χ1) is 5.15. The van der Waals surface area contributed by atoms with Gasteiger partial charge in [0.05, 0.1) is 5.69 Å². The molecular formula is C6H10N2O2S. The Bertz CT molecular complexity index is 291. The summed E-state index contributed by atoms with van der Waals surface area (Å²) >= 11 is 1.56. The lowest BCUT2D eigenvalue weighted by Gasteiger charge is -2.03. The summed E-state index contributed by atoms with van der Waals surface area (Å²) in [6, 6.07) is 0. The zero-order valence-corrected chi connectivity index (χ0v) is 7.16. The van der Waals surface area contributed by atoms with Crippen LogP contribution in [0.2, 0.25) is 0 Å². The number of hydrogen-bond acceptors (Lipinski definition) is 3. The minimum atomic E-state index is -0.363. The lowest BCUT2D eigenvalue weighted by Crippen LogP contribution is -2.01. The molecule has 11 heavy (non-hydrogen) atoms. The molecule has 0 aliphatic heterocycles. The van der Waals surface area contributed by atoms with Crippen LogP contribution in [0.25, 0.3) is 0 Å². The van der Waals surface area contributed by atoms with Crippen LogP contribution >= 0.6 is 11.8 Å². The Hall–Kier alpha value is -0.840. The molecular weight excluding hydrogens is 164 g/mol. The van der Waals surface area contributed by atoms with Gasteiger partial charge in [0.2, 0.25) is 5.88 Å². The molecule has 0 saturated carbocycles. The predicted molar refractivity (Wildman–Crippen MR) is 45.0 cm³/mol. The summed E-state index contributed by atoms with van der Waals surface area (Å²) in [7, 11) is 0. The maximum absolute atomic E-state index is 10.7. The maximum atomic E-state index is 10.7. The molecule has 0 amide bonds. The molecule has 1 aromatic rings. The van der Waals surface area contributed by atoms with Crippen molar-refractivity contribution in [1.29, 1.82) is 0 Å². The number of aromatic nitrogens is 2. The fraction of sp³-hybridized carbons (Fsp3) is 0.500. The van der Waals surface area contributed by atoms with E-state index in [2.05, 4.69) is 9.97 Å². The van der Waals surface area contributed by atoms with Crippen LogP contribution in [-0.2, 0) is 0 Å². The van der Waals surface area contributed by atoms with Gasteiger partial charge in [0.1, 0.15) is 0 Å². The molecule has 0 aliphatic carbocycles. The number of nitrogens with one attached hydrogen (secondary N) is 2. The molecule has 4 nitrogen and oxygen atoms in total. The van der Waals surface area contributed by atoms with E-state index >= 15 is 0 Å². The highest BCUT2D eigenvalue weighted by atomic mass is 32.2. The van der Waals surface area contributed by atoms with Crippen molar-refractivity contribution in [3.8, 4) is 5.88 Å². The molecule has 3 N–H and O–H groups in total. The molecule has 0 bridgehead atoms. The number of imidazole rings is 1. The van der Waals surface area contributed by atoms with Gasteiger partial charge in [-0.25, -0.2) is 4.79 Å². The summed E-state index contributed by atoms with van der Waals surface area (Å²) < 4.78 is 0. The van der Waals surface area contributed by atoms with Crippen LogP contribution in [0.4, 0.5) is 0 Å². The number of hydrogen-bond donors (Lipinski definition) is 3. The third-order valence-corrected chi connectivity index (χ3v) is 2.44. The van der Waals surface area contributed by atoms with Crippen LogP contribution < -0.4 is 5.69 Å². The minimum absolute atomic E-state index is 0.0585. The quantitative estimate of drug-likeness (QED) is 0.622. The Morgan fingerprint density at radius 1 is 1.55 bits per heavy atom. The summed E-state index contributed by atoms with van der Waals surface area (Å²) in [4.78, 5) is 15.4. The summed E-state index contributed by atoms with van der Waals surface area (Å²) in [6.45, 7) is 1.91. The molecule has 1 aromatic heterocycles. The molecule has 0 radical (unpaired) electrons. The van der Waals surface area contributed by atoms with E-state index in [-0.39, 0.29) is 16.8 Å². The first kappa shape index (κ1) is 8.26. The van der Waals surface area contributed by atoms with E-state index in [0.717, 1.165) is 0 Å². The summed E-state index contributed by atoms with van der Waals surface area (Å²) in [5.74, 6) is -0.0585. The lowest BCUT2D eigenvalue weighted by molar-refractivity contribution is 0.449. The average molecular weight is 174 g/mol. The summed E-state index contributed by atoms with van der Waals surface area (Å²) in [6.07, 6.45) is 1.91. The van der Waals surface area contributed by atoms with Crippen molar-refractivity contribution in [2.75, 3.05) is 6.26 Å². The summed E-state index contributed by atoms with van der Waals surface area (Å²) in [5.41, 5.74) is 0.195. The van der Waals surface area contributed by atoms with E-state index in [1.807, 2.05) is 13.2 Å². The zero-order valence-electron chi connectivity index (χ0n) is 6.34. The highest BCUT2D eigenvalue weighted by molar-refractivity contribution is 7.98. The maximum Gasteiger partial charge on any atom is 0.325 e. The van der Waals surface area contributed by atoms with E-state index in [1.165, 1.54) is 0 Å². The first-order valence-corrected chi connectivity index (χ1v) is 4.48. The van der Waals surface area contributed by atoms with Crippen molar-refractivity contribution in [1.82, 2.24) is 9.97 Å². The molecule has 0 saturated heterocycles. The van der Waals surface area contributed by atoms with Gasteiger partial charge in [0, 0.05) is 5.25 Å². The van der Waals surface area contributed by atoms with E-state index in [0.29, 0.717) is 5.69 Å². The van der Waals surface area contributed by atoms with E-state index in [4.69, 9.17) is 5.11 Å². The van der Waals surface area contributed by atoms with E-state index in [9.17, 15) is 4.79 Å². The molecule has 1 unspecified atom stereocenters. The standard InChI is InChI=1S/C6H10N2O2S/c1-3(11-2)4-5(9)8-6(10)7-4/h3,9H,1-2H3,(H2,7,8,10). The molecule has 0 fully saturated rings. The smallest absolute Gasteiger partial charge is 0.325 e. The average Bonchev–Trinajstić information content (AvgIpc) is 2.28. The van der Waals surface area contributed by atoms with Crippen LogP contribution in [0.1, 0.15) is 17.9 Å². The fourth-order valence-corrected chi connectivity index (χ4v) is 1.21. The van der Waals surface area contributed by atoms with Gasteiger partial charge >= 0.3 is 5.69 Å². The molecule has 5 heteroatoms. The number of rotatable bonds is 2. The van der Waals surface area contributed by atoms with Crippen molar-refractivity contribution in [2.45, 2.75) is 12.2 Å². The summed E-state index contributed by atoms with van der Waals surface area (Å²) in [5, 5.41) is 9.24. The highest BCUT2D eigenvalue weighted by Crippen LogP contribution is 2.27. The Kier molecular flexibility index (Phi) is 2.28. The SMILES string of the molecule is CSC(C)c1[nH]c(=O)[nH]c1O. The monoisotopic (exact) mass is 174 g/mol. The lowest BCUT2D eigenvalue weighted by atomic mass is 10.3. The number of aromatic hydroxyl groups is 1. The van der Waals surface area contributed by atoms with Crippen molar-refractivity contribution in [3.05, 3.63) is 16.2 Å². The van der Waals surface area contributed by atoms with Gasteiger partial charge in [0.15, 0.2) is 0 Å². The molecule has 0 spiro atoms. The van der Waals surface area contributed by atoms with Gasteiger partial charge in [-0.3, -0.25) is 4.98 Å². The normalized spacial score (nSPS) is 13.3. The van der Waals surface area contributed by atoms with Crippen molar-refractivity contribution in [3.63, 3.8) is 0 Å². The van der Waals surface area contributed by atoms with Crippen LogP contribution in [0.15, 0.2) is 4.79 Å². The van der Waals surface area contributed by atoms with Gasteiger partial charge in [-0.15, -0.1) is 0 Å².